The van der Waals surface area contributed by atoms with Crippen LogP contribution in [0, 0.1) is 0 Å². The number of nitrogens with one attached hydrogen (secondary N) is 2. The van der Waals surface area contributed by atoms with Crippen molar-refractivity contribution in [3.8, 4) is 0 Å². The lowest BCUT2D eigenvalue weighted by Crippen LogP contribution is -2.16. The number of nitrogens with zero attached hydrogens (tertiary/aromatic N) is 2. The molecular formula is C19H24N4O2. The van der Waals surface area contributed by atoms with Crippen LogP contribution in [0.3, 0.4) is 0 Å². The van der Waals surface area contributed by atoms with Crippen molar-refractivity contribution in [2.24, 2.45) is 0 Å². The highest BCUT2D eigenvalue weighted by atomic mass is 16.2. The summed E-state index contributed by atoms with van der Waals surface area (Å²) in [5.74, 6) is -0.265. The maximum absolute atomic E-state index is 12.3. The number of hydrogen-bond acceptors (Lipinski definition) is 4. The predicted octanol–water partition coefficient (Wildman–Crippen LogP) is 3.00. The highest BCUT2D eigenvalue weighted by molar-refractivity contribution is 6.05. The number of amides is 2. The molecule has 0 saturated heterocycles. The van der Waals surface area contributed by atoms with Crippen molar-refractivity contribution in [3.05, 3.63) is 54.4 Å². The van der Waals surface area contributed by atoms with Crippen molar-refractivity contribution in [3.63, 3.8) is 0 Å². The number of benzene rings is 1. The van der Waals surface area contributed by atoms with E-state index in [1.54, 1.807) is 48.8 Å². The van der Waals surface area contributed by atoms with Crippen LogP contribution in [0.5, 0.6) is 0 Å². The number of rotatable bonds is 8. The fraction of sp³-hybridized carbons (Fsp3) is 0.316. The van der Waals surface area contributed by atoms with Gasteiger partial charge in [-0.2, -0.15) is 0 Å². The molecule has 1 aromatic heterocycles. The first kappa shape index (κ1) is 18.6. The topological polar surface area (TPSA) is 74.3 Å². The molecular weight excluding hydrogens is 316 g/mol. The molecule has 2 amide bonds. The molecule has 0 radical (unpaired) electrons. The van der Waals surface area contributed by atoms with Crippen LogP contribution in [0.15, 0.2) is 48.8 Å². The summed E-state index contributed by atoms with van der Waals surface area (Å²) in [5.41, 5.74) is 1.79. The standard InChI is InChI=1S/C19H24N4O2/c1-23(2)13-4-3-8-18(24)21-17-7-5-6-15(14-17)19(25)22-16-9-11-20-12-10-16/h5-7,9-12,14H,3-4,8,13H2,1-2H3,(H,21,24)(H,20,22,25). The Morgan fingerprint density at radius 1 is 1.00 bits per heavy atom. The molecule has 0 spiro atoms. The van der Waals surface area contributed by atoms with Gasteiger partial charge in [0.1, 0.15) is 0 Å². The third-order valence-electron chi connectivity index (χ3n) is 3.61. The third-order valence-corrected chi connectivity index (χ3v) is 3.61. The summed E-state index contributed by atoms with van der Waals surface area (Å²) in [6, 6.07) is 10.4. The lowest BCUT2D eigenvalue weighted by Gasteiger charge is -2.10. The molecule has 25 heavy (non-hydrogen) atoms. The number of anilines is 2. The van der Waals surface area contributed by atoms with E-state index in [1.807, 2.05) is 14.1 Å². The Bertz CT molecular complexity index is 702. The van der Waals surface area contributed by atoms with Crippen molar-refractivity contribution in [2.75, 3.05) is 31.3 Å². The number of pyridine rings is 1. The Kier molecular flexibility index (Phi) is 7.10. The molecule has 2 aromatic rings. The van der Waals surface area contributed by atoms with Crippen LogP contribution >= 0.6 is 0 Å². The zero-order valence-electron chi connectivity index (χ0n) is 14.7. The van der Waals surface area contributed by atoms with Crippen LogP contribution in [0.4, 0.5) is 11.4 Å². The van der Waals surface area contributed by atoms with Crippen molar-refractivity contribution < 1.29 is 9.59 Å². The Hall–Kier alpha value is -2.73. The molecule has 1 aromatic carbocycles. The largest absolute Gasteiger partial charge is 0.326 e. The van der Waals surface area contributed by atoms with E-state index in [1.165, 1.54) is 0 Å². The normalized spacial score (nSPS) is 10.5. The van der Waals surface area contributed by atoms with Crippen molar-refractivity contribution >= 4 is 23.2 Å². The van der Waals surface area contributed by atoms with E-state index >= 15 is 0 Å². The summed E-state index contributed by atoms with van der Waals surface area (Å²) in [6.45, 7) is 0.970. The molecule has 1 heterocycles. The second kappa shape index (κ2) is 9.54. The van der Waals surface area contributed by atoms with Crippen LogP contribution in [0.2, 0.25) is 0 Å². The van der Waals surface area contributed by atoms with Crippen LogP contribution in [0.25, 0.3) is 0 Å². The number of carbonyl (C=O) groups excluding carboxylic acids is 2. The SMILES string of the molecule is CN(C)CCCCC(=O)Nc1cccc(C(=O)Nc2ccncc2)c1. The van der Waals surface area contributed by atoms with E-state index in [9.17, 15) is 9.59 Å². The van der Waals surface area contributed by atoms with Crippen LogP contribution in [0.1, 0.15) is 29.6 Å². The first-order valence-corrected chi connectivity index (χ1v) is 8.30. The van der Waals surface area contributed by atoms with E-state index in [4.69, 9.17) is 0 Å². The fourth-order valence-electron chi connectivity index (χ4n) is 2.31. The van der Waals surface area contributed by atoms with Crippen LogP contribution in [-0.2, 0) is 4.79 Å². The number of aromatic nitrogens is 1. The van der Waals surface area contributed by atoms with Gasteiger partial charge in [0, 0.05) is 35.8 Å². The highest BCUT2D eigenvalue weighted by Crippen LogP contribution is 2.14. The van der Waals surface area contributed by atoms with Crippen LogP contribution in [-0.4, -0.2) is 42.3 Å². The highest BCUT2D eigenvalue weighted by Gasteiger charge is 2.08. The van der Waals surface area contributed by atoms with Gasteiger partial charge in [-0.05, 0) is 63.8 Å². The molecule has 0 bridgehead atoms. The van der Waals surface area contributed by atoms with Gasteiger partial charge in [-0.25, -0.2) is 0 Å². The summed E-state index contributed by atoms with van der Waals surface area (Å²) in [5, 5.41) is 5.64. The second-order valence-corrected chi connectivity index (χ2v) is 6.08. The van der Waals surface area contributed by atoms with E-state index < -0.39 is 0 Å². The average molecular weight is 340 g/mol. The first-order chi connectivity index (χ1) is 12.0. The van der Waals surface area contributed by atoms with Gasteiger partial charge in [0.05, 0.1) is 0 Å². The number of carbonyl (C=O) groups is 2. The molecule has 0 unspecified atom stereocenters. The molecule has 0 aliphatic carbocycles. The summed E-state index contributed by atoms with van der Waals surface area (Å²) in [7, 11) is 4.03. The summed E-state index contributed by atoms with van der Waals surface area (Å²) in [4.78, 5) is 30.3. The van der Waals surface area contributed by atoms with Gasteiger partial charge in [-0.1, -0.05) is 6.07 Å². The lowest BCUT2D eigenvalue weighted by atomic mass is 10.1. The van der Waals surface area contributed by atoms with Gasteiger partial charge < -0.3 is 15.5 Å². The number of unbranched alkanes of at least 4 members (excludes halogenated alkanes) is 1. The van der Waals surface area contributed by atoms with E-state index in [0.29, 0.717) is 23.4 Å². The number of hydrogen-bond donors (Lipinski definition) is 2. The molecule has 2 N–H and O–H groups in total. The van der Waals surface area contributed by atoms with Gasteiger partial charge in [-0.15, -0.1) is 0 Å². The summed E-state index contributed by atoms with van der Waals surface area (Å²) in [6.07, 6.45) is 5.52. The van der Waals surface area contributed by atoms with E-state index in [-0.39, 0.29) is 11.8 Å². The van der Waals surface area contributed by atoms with Gasteiger partial charge >= 0.3 is 0 Å². The lowest BCUT2D eigenvalue weighted by molar-refractivity contribution is -0.116. The monoisotopic (exact) mass is 340 g/mol. The Labute approximate surface area is 148 Å². The molecule has 0 aliphatic rings. The molecule has 0 atom stereocenters. The average Bonchev–Trinajstić information content (AvgIpc) is 2.60. The van der Waals surface area contributed by atoms with Gasteiger partial charge in [0.15, 0.2) is 0 Å². The van der Waals surface area contributed by atoms with Crippen LogP contribution < -0.4 is 10.6 Å². The van der Waals surface area contributed by atoms with Gasteiger partial charge in [0.25, 0.3) is 5.91 Å². The van der Waals surface area contributed by atoms with Crippen molar-refractivity contribution in [2.45, 2.75) is 19.3 Å². The summed E-state index contributed by atoms with van der Waals surface area (Å²) >= 11 is 0. The minimum absolute atomic E-state index is 0.0366. The van der Waals surface area contributed by atoms with Crippen molar-refractivity contribution in [1.82, 2.24) is 9.88 Å². The molecule has 132 valence electrons. The molecule has 0 saturated carbocycles. The minimum Gasteiger partial charge on any atom is -0.326 e. The quantitative estimate of drug-likeness (QED) is 0.725. The Balaban J connectivity index is 1.87. The molecule has 0 fully saturated rings. The Morgan fingerprint density at radius 2 is 1.76 bits per heavy atom. The second-order valence-electron chi connectivity index (χ2n) is 6.08. The van der Waals surface area contributed by atoms with E-state index in [0.717, 1.165) is 19.4 Å². The maximum atomic E-state index is 12.3. The molecule has 6 nitrogen and oxygen atoms in total. The first-order valence-electron chi connectivity index (χ1n) is 8.30. The molecule has 0 aliphatic heterocycles. The molecule has 6 heteroatoms. The zero-order chi connectivity index (χ0) is 18.1. The van der Waals surface area contributed by atoms with E-state index in [2.05, 4.69) is 20.5 Å². The minimum atomic E-state index is -0.228. The zero-order valence-corrected chi connectivity index (χ0v) is 14.7. The fourth-order valence-corrected chi connectivity index (χ4v) is 2.31. The smallest absolute Gasteiger partial charge is 0.255 e. The summed E-state index contributed by atoms with van der Waals surface area (Å²) < 4.78 is 0. The predicted molar refractivity (Wildman–Crippen MR) is 99.7 cm³/mol. The van der Waals surface area contributed by atoms with Crippen molar-refractivity contribution in [1.29, 1.82) is 0 Å². The third kappa shape index (κ3) is 6.73. The van der Waals surface area contributed by atoms with Gasteiger partial charge in [0.2, 0.25) is 5.91 Å². The van der Waals surface area contributed by atoms with Gasteiger partial charge in [-0.3, -0.25) is 14.6 Å². The molecule has 2 rings (SSSR count). The Morgan fingerprint density at radius 3 is 2.48 bits per heavy atom. The maximum Gasteiger partial charge on any atom is 0.255 e.